The molecule has 0 fully saturated rings. The Morgan fingerprint density at radius 2 is 2.05 bits per heavy atom. The molecule has 0 bridgehead atoms. The van der Waals surface area contributed by atoms with Gasteiger partial charge in [-0.2, -0.15) is 0 Å². The summed E-state index contributed by atoms with van der Waals surface area (Å²) in [5.74, 6) is 2.52. The summed E-state index contributed by atoms with van der Waals surface area (Å²) in [4.78, 5) is 4.70. The number of imidazole rings is 1. The lowest BCUT2D eigenvalue weighted by atomic mass is 9.92. The zero-order chi connectivity index (χ0) is 14.8. The van der Waals surface area contributed by atoms with E-state index >= 15 is 0 Å². The normalized spacial score (nSPS) is 12.1. The van der Waals surface area contributed by atoms with Gasteiger partial charge in [-0.1, -0.05) is 20.8 Å². The van der Waals surface area contributed by atoms with E-state index in [1.165, 1.54) is 0 Å². The molecule has 1 aromatic carbocycles. The Labute approximate surface area is 125 Å². The fraction of sp³-hybridized carbons (Fsp3) is 0.562. The van der Waals surface area contributed by atoms with Crippen molar-refractivity contribution in [3.63, 3.8) is 0 Å². The molecule has 20 heavy (non-hydrogen) atoms. The van der Waals surface area contributed by atoms with Gasteiger partial charge >= 0.3 is 0 Å². The first kappa shape index (κ1) is 15.2. The maximum atomic E-state index is 5.91. The molecule has 3 nitrogen and oxygen atoms in total. The molecule has 0 N–H and O–H groups in total. The van der Waals surface area contributed by atoms with E-state index in [9.17, 15) is 0 Å². The van der Waals surface area contributed by atoms with E-state index in [0.717, 1.165) is 42.0 Å². The molecular weight excluding hydrogens is 272 g/mol. The number of halogens is 1. The topological polar surface area (TPSA) is 27.1 Å². The van der Waals surface area contributed by atoms with Crippen molar-refractivity contribution in [3.05, 3.63) is 24.0 Å². The Bertz CT molecular complexity index is 584. The van der Waals surface area contributed by atoms with Gasteiger partial charge in [0.15, 0.2) is 0 Å². The van der Waals surface area contributed by atoms with Crippen LogP contribution in [0.15, 0.2) is 18.2 Å². The molecule has 0 saturated carbocycles. The molecule has 1 heterocycles. The van der Waals surface area contributed by atoms with Gasteiger partial charge in [-0.15, -0.1) is 11.6 Å². The molecule has 0 saturated heterocycles. The third-order valence-corrected chi connectivity index (χ3v) is 3.63. The Morgan fingerprint density at radius 3 is 2.65 bits per heavy atom. The maximum Gasteiger partial charge on any atom is 0.121 e. The highest BCUT2D eigenvalue weighted by atomic mass is 35.5. The number of rotatable bonds is 5. The van der Waals surface area contributed by atoms with E-state index in [4.69, 9.17) is 21.3 Å². The van der Waals surface area contributed by atoms with Crippen molar-refractivity contribution in [1.29, 1.82) is 0 Å². The first-order chi connectivity index (χ1) is 9.44. The van der Waals surface area contributed by atoms with Crippen LogP contribution in [0.3, 0.4) is 0 Å². The third kappa shape index (κ3) is 3.45. The molecule has 0 radical (unpaired) electrons. The van der Waals surface area contributed by atoms with E-state index < -0.39 is 0 Å². The molecule has 0 aliphatic carbocycles. The molecule has 2 aromatic rings. The second kappa shape index (κ2) is 6.04. The third-order valence-electron chi connectivity index (χ3n) is 3.44. The van der Waals surface area contributed by atoms with E-state index in [1.807, 2.05) is 12.1 Å². The van der Waals surface area contributed by atoms with Gasteiger partial charge in [-0.05, 0) is 24.0 Å². The van der Waals surface area contributed by atoms with Crippen molar-refractivity contribution in [1.82, 2.24) is 9.55 Å². The molecule has 0 aliphatic heterocycles. The number of aromatic nitrogens is 2. The molecule has 1 aromatic heterocycles. The standard InChI is InChI=1S/C16H23ClN2O/c1-16(2,3)8-10-19-14-11-12(20-4)5-6-13(14)18-15(19)7-9-17/h5-6,11H,7-10H2,1-4H3. The van der Waals surface area contributed by atoms with Crippen LogP contribution in [-0.2, 0) is 13.0 Å². The molecule has 0 aliphatic rings. The van der Waals surface area contributed by atoms with Crippen LogP contribution in [0.25, 0.3) is 11.0 Å². The average Bonchev–Trinajstić information content (AvgIpc) is 2.72. The second-order valence-corrected chi connectivity index (χ2v) is 6.66. The summed E-state index contributed by atoms with van der Waals surface area (Å²) in [6.45, 7) is 7.73. The molecule has 110 valence electrons. The van der Waals surface area contributed by atoms with Crippen LogP contribution in [-0.4, -0.2) is 22.5 Å². The van der Waals surface area contributed by atoms with Crippen molar-refractivity contribution in [2.45, 2.75) is 40.2 Å². The predicted molar refractivity (Wildman–Crippen MR) is 84.8 cm³/mol. The number of hydrogen-bond donors (Lipinski definition) is 0. The number of alkyl halides is 1. The van der Waals surface area contributed by atoms with Crippen molar-refractivity contribution in [2.75, 3.05) is 13.0 Å². The van der Waals surface area contributed by atoms with E-state index in [-0.39, 0.29) is 0 Å². The van der Waals surface area contributed by atoms with Crippen LogP contribution in [0.5, 0.6) is 5.75 Å². The summed E-state index contributed by atoms with van der Waals surface area (Å²) < 4.78 is 7.61. The summed E-state index contributed by atoms with van der Waals surface area (Å²) in [5, 5.41) is 0. The summed E-state index contributed by atoms with van der Waals surface area (Å²) >= 11 is 5.91. The van der Waals surface area contributed by atoms with Crippen LogP contribution in [0.1, 0.15) is 33.0 Å². The minimum Gasteiger partial charge on any atom is -0.497 e. The maximum absolute atomic E-state index is 5.91. The number of fused-ring (bicyclic) bond motifs is 1. The van der Waals surface area contributed by atoms with Crippen LogP contribution >= 0.6 is 11.6 Å². The zero-order valence-corrected chi connectivity index (χ0v) is 13.5. The molecule has 0 amide bonds. The predicted octanol–water partition coefficient (Wildman–Crippen LogP) is 4.26. The largest absolute Gasteiger partial charge is 0.497 e. The SMILES string of the molecule is COc1ccc2nc(CCCl)n(CCC(C)(C)C)c2c1. The van der Waals surface area contributed by atoms with Gasteiger partial charge in [-0.3, -0.25) is 0 Å². The van der Waals surface area contributed by atoms with E-state index in [0.29, 0.717) is 11.3 Å². The van der Waals surface area contributed by atoms with Gasteiger partial charge in [0, 0.05) is 24.9 Å². The molecular formula is C16H23ClN2O. The Balaban J connectivity index is 2.43. The highest BCUT2D eigenvalue weighted by Crippen LogP contribution is 2.26. The first-order valence-corrected chi connectivity index (χ1v) is 7.57. The lowest BCUT2D eigenvalue weighted by Crippen LogP contribution is -2.12. The lowest BCUT2D eigenvalue weighted by Gasteiger charge is -2.19. The molecule has 0 atom stereocenters. The smallest absolute Gasteiger partial charge is 0.121 e. The van der Waals surface area contributed by atoms with Crippen molar-refractivity contribution >= 4 is 22.6 Å². The van der Waals surface area contributed by atoms with Crippen LogP contribution < -0.4 is 4.74 Å². The fourth-order valence-corrected chi connectivity index (χ4v) is 2.42. The van der Waals surface area contributed by atoms with Crippen LogP contribution in [0, 0.1) is 5.41 Å². The Kier molecular flexibility index (Phi) is 4.59. The van der Waals surface area contributed by atoms with Gasteiger partial charge < -0.3 is 9.30 Å². The molecule has 4 heteroatoms. The van der Waals surface area contributed by atoms with Gasteiger partial charge in [0.2, 0.25) is 0 Å². The zero-order valence-electron chi connectivity index (χ0n) is 12.7. The summed E-state index contributed by atoms with van der Waals surface area (Å²) in [6.07, 6.45) is 1.90. The van der Waals surface area contributed by atoms with Crippen LogP contribution in [0.4, 0.5) is 0 Å². The average molecular weight is 295 g/mol. The monoisotopic (exact) mass is 294 g/mol. The molecule has 0 spiro atoms. The van der Waals surface area contributed by atoms with Gasteiger partial charge in [-0.25, -0.2) is 4.98 Å². The fourth-order valence-electron chi connectivity index (χ4n) is 2.25. The highest BCUT2D eigenvalue weighted by molar-refractivity contribution is 6.17. The number of ether oxygens (including phenoxy) is 1. The Morgan fingerprint density at radius 1 is 1.30 bits per heavy atom. The lowest BCUT2D eigenvalue weighted by molar-refractivity contribution is 0.350. The number of benzene rings is 1. The number of methoxy groups -OCH3 is 1. The van der Waals surface area contributed by atoms with Crippen molar-refractivity contribution in [2.24, 2.45) is 5.41 Å². The van der Waals surface area contributed by atoms with Crippen LogP contribution in [0.2, 0.25) is 0 Å². The number of hydrogen-bond acceptors (Lipinski definition) is 2. The Hall–Kier alpha value is -1.22. The van der Waals surface area contributed by atoms with Gasteiger partial charge in [0.1, 0.15) is 11.6 Å². The van der Waals surface area contributed by atoms with E-state index in [1.54, 1.807) is 7.11 Å². The summed E-state index contributed by atoms with van der Waals surface area (Å²) in [5.41, 5.74) is 2.45. The second-order valence-electron chi connectivity index (χ2n) is 6.28. The van der Waals surface area contributed by atoms with Crippen molar-refractivity contribution < 1.29 is 4.74 Å². The van der Waals surface area contributed by atoms with Crippen molar-refractivity contribution in [3.8, 4) is 5.75 Å². The number of aryl methyl sites for hydroxylation is 2. The minimum atomic E-state index is 0.299. The minimum absolute atomic E-state index is 0.299. The molecule has 2 rings (SSSR count). The van der Waals surface area contributed by atoms with Gasteiger partial charge in [0.05, 0.1) is 18.1 Å². The first-order valence-electron chi connectivity index (χ1n) is 7.04. The summed E-state index contributed by atoms with van der Waals surface area (Å²) in [7, 11) is 1.69. The van der Waals surface area contributed by atoms with Gasteiger partial charge in [0.25, 0.3) is 0 Å². The summed E-state index contributed by atoms with van der Waals surface area (Å²) in [6, 6.07) is 6.02. The van der Waals surface area contributed by atoms with E-state index in [2.05, 4.69) is 31.4 Å². The highest BCUT2D eigenvalue weighted by Gasteiger charge is 2.15. The quantitative estimate of drug-likeness (QED) is 0.770. The molecule has 0 unspecified atom stereocenters. The number of nitrogens with zero attached hydrogens (tertiary/aromatic N) is 2.